The molecular weight excluding hydrogens is 345 g/mol. The molecule has 0 aliphatic heterocycles. The number of carbonyl (C=O) groups is 1. The molecule has 0 spiro atoms. The average molecular weight is 371 g/mol. The molecule has 0 saturated heterocycles. The van der Waals surface area contributed by atoms with Gasteiger partial charge in [0.05, 0.1) is 6.61 Å². The van der Waals surface area contributed by atoms with Crippen LogP contribution in [0, 0.1) is 0 Å². The van der Waals surface area contributed by atoms with Crippen LogP contribution >= 0.6 is 24.0 Å². The number of hydrogen-bond acceptors (Lipinski definition) is 3. The topological polar surface area (TPSA) is 62.7 Å². The lowest BCUT2D eigenvalue weighted by atomic mass is 10.3. The molecular formula is C12H26IN3O2. The number of ether oxygens (including phenoxy) is 1. The Kier molecular flexibility index (Phi) is 14.2. The van der Waals surface area contributed by atoms with Crippen molar-refractivity contribution in [3.05, 3.63) is 0 Å². The molecule has 0 aromatic heterocycles. The molecule has 0 aromatic rings. The zero-order chi connectivity index (χ0) is 13.1. The van der Waals surface area contributed by atoms with Crippen molar-refractivity contribution in [2.75, 3.05) is 19.7 Å². The van der Waals surface area contributed by atoms with Crippen molar-refractivity contribution < 1.29 is 9.53 Å². The monoisotopic (exact) mass is 371 g/mol. The Morgan fingerprint density at radius 3 is 2.50 bits per heavy atom. The Balaban J connectivity index is 0. The number of halogens is 1. The smallest absolute Gasteiger partial charge is 0.305 e. The van der Waals surface area contributed by atoms with Gasteiger partial charge in [0.2, 0.25) is 0 Å². The van der Waals surface area contributed by atoms with Crippen LogP contribution in [0.4, 0.5) is 0 Å². The zero-order valence-electron chi connectivity index (χ0n) is 11.8. The molecule has 0 atom stereocenters. The van der Waals surface area contributed by atoms with E-state index in [1.54, 1.807) is 0 Å². The Morgan fingerprint density at radius 2 is 2.00 bits per heavy atom. The van der Waals surface area contributed by atoms with Gasteiger partial charge >= 0.3 is 5.97 Å². The summed E-state index contributed by atoms with van der Waals surface area (Å²) in [5.74, 6) is 0.649. The predicted molar refractivity (Wildman–Crippen MR) is 85.5 cm³/mol. The first-order valence-electron chi connectivity index (χ1n) is 6.30. The Bertz CT molecular complexity index is 245. The standard InChI is InChI=1S/C12H25N3O2.HI/c1-5-13-12(15-10(3)4)14-9-7-8-11(16)17-6-2;/h10H,5-9H2,1-4H3,(H2,13,14,15);1H. The van der Waals surface area contributed by atoms with Crippen LogP contribution in [-0.4, -0.2) is 37.7 Å². The lowest BCUT2D eigenvalue weighted by molar-refractivity contribution is -0.143. The van der Waals surface area contributed by atoms with Crippen molar-refractivity contribution in [1.29, 1.82) is 0 Å². The Hall–Kier alpha value is -0.530. The number of nitrogens with one attached hydrogen (secondary N) is 2. The van der Waals surface area contributed by atoms with E-state index in [4.69, 9.17) is 4.74 Å². The SMILES string of the molecule is CCNC(=NCCCC(=O)OCC)NC(C)C.I. The van der Waals surface area contributed by atoms with Gasteiger partial charge in [0.25, 0.3) is 0 Å². The van der Waals surface area contributed by atoms with Crippen LogP contribution < -0.4 is 10.6 Å². The normalized spacial score (nSPS) is 10.8. The maximum absolute atomic E-state index is 11.1. The van der Waals surface area contributed by atoms with Crippen molar-refractivity contribution in [2.45, 2.75) is 46.6 Å². The summed E-state index contributed by atoms with van der Waals surface area (Å²) in [6.45, 7) is 9.86. The fourth-order valence-electron chi connectivity index (χ4n) is 1.24. The molecule has 0 bridgehead atoms. The minimum absolute atomic E-state index is 0. The van der Waals surface area contributed by atoms with Crippen LogP contribution in [0.5, 0.6) is 0 Å². The number of esters is 1. The summed E-state index contributed by atoms with van der Waals surface area (Å²) in [5.41, 5.74) is 0. The van der Waals surface area contributed by atoms with Gasteiger partial charge in [-0.15, -0.1) is 24.0 Å². The number of guanidine groups is 1. The summed E-state index contributed by atoms with van der Waals surface area (Å²) in [6.07, 6.45) is 1.14. The minimum atomic E-state index is -0.149. The van der Waals surface area contributed by atoms with Gasteiger partial charge in [0, 0.05) is 25.6 Å². The van der Waals surface area contributed by atoms with E-state index < -0.39 is 0 Å². The number of aliphatic imine (C=N–C) groups is 1. The molecule has 0 unspecified atom stereocenters. The first-order chi connectivity index (χ1) is 8.10. The molecule has 5 nitrogen and oxygen atoms in total. The van der Waals surface area contributed by atoms with E-state index in [1.165, 1.54) is 0 Å². The zero-order valence-corrected chi connectivity index (χ0v) is 14.1. The summed E-state index contributed by atoms with van der Waals surface area (Å²) in [4.78, 5) is 15.5. The third-order valence-electron chi connectivity index (χ3n) is 1.88. The fourth-order valence-corrected chi connectivity index (χ4v) is 1.24. The van der Waals surface area contributed by atoms with E-state index in [2.05, 4.69) is 29.5 Å². The van der Waals surface area contributed by atoms with Gasteiger partial charge in [-0.3, -0.25) is 9.79 Å². The molecule has 0 fully saturated rings. The van der Waals surface area contributed by atoms with Crippen LogP contribution in [0.15, 0.2) is 4.99 Å². The number of nitrogens with zero attached hydrogens (tertiary/aromatic N) is 1. The van der Waals surface area contributed by atoms with Crippen molar-refractivity contribution in [3.8, 4) is 0 Å². The molecule has 2 N–H and O–H groups in total. The summed E-state index contributed by atoms with van der Waals surface area (Å²) in [6, 6.07) is 0.345. The van der Waals surface area contributed by atoms with Gasteiger partial charge < -0.3 is 15.4 Å². The maximum Gasteiger partial charge on any atom is 0.305 e. The molecule has 108 valence electrons. The van der Waals surface area contributed by atoms with Gasteiger partial charge in [0.15, 0.2) is 5.96 Å². The Labute approximate surface area is 127 Å². The summed E-state index contributed by atoms with van der Waals surface area (Å²) >= 11 is 0. The highest BCUT2D eigenvalue weighted by Crippen LogP contribution is 1.93. The van der Waals surface area contributed by atoms with Gasteiger partial charge in [0.1, 0.15) is 0 Å². The van der Waals surface area contributed by atoms with E-state index >= 15 is 0 Å². The molecule has 0 radical (unpaired) electrons. The maximum atomic E-state index is 11.1. The minimum Gasteiger partial charge on any atom is -0.466 e. The quantitative estimate of drug-likeness (QED) is 0.236. The second-order valence-corrected chi connectivity index (χ2v) is 3.97. The van der Waals surface area contributed by atoms with Gasteiger partial charge in [-0.1, -0.05) is 0 Å². The lowest BCUT2D eigenvalue weighted by Crippen LogP contribution is -2.41. The molecule has 18 heavy (non-hydrogen) atoms. The van der Waals surface area contributed by atoms with Crippen molar-refractivity contribution in [2.24, 2.45) is 4.99 Å². The van der Waals surface area contributed by atoms with E-state index in [1.807, 2.05) is 13.8 Å². The second kappa shape index (κ2) is 12.9. The number of rotatable bonds is 7. The molecule has 6 heteroatoms. The van der Waals surface area contributed by atoms with Crippen LogP contribution in [0.2, 0.25) is 0 Å². The van der Waals surface area contributed by atoms with Gasteiger partial charge in [-0.05, 0) is 34.1 Å². The first kappa shape index (κ1) is 19.8. The fraction of sp³-hybridized carbons (Fsp3) is 0.833. The van der Waals surface area contributed by atoms with Crippen LogP contribution in [0.3, 0.4) is 0 Å². The summed E-state index contributed by atoms with van der Waals surface area (Å²) in [7, 11) is 0. The summed E-state index contributed by atoms with van der Waals surface area (Å²) in [5, 5.41) is 6.37. The van der Waals surface area contributed by atoms with E-state index in [0.717, 1.165) is 12.5 Å². The Morgan fingerprint density at radius 1 is 1.33 bits per heavy atom. The highest BCUT2D eigenvalue weighted by Gasteiger charge is 2.02. The average Bonchev–Trinajstić information content (AvgIpc) is 2.24. The molecule has 0 aliphatic carbocycles. The third-order valence-corrected chi connectivity index (χ3v) is 1.88. The largest absolute Gasteiger partial charge is 0.466 e. The molecule has 0 heterocycles. The molecule has 0 saturated carbocycles. The number of carbonyl (C=O) groups excluding carboxylic acids is 1. The van der Waals surface area contributed by atoms with E-state index in [-0.39, 0.29) is 29.9 Å². The third kappa shape index (κ3) is 11.9. The van der Waals surface area contributed by atoms with Crippen molar-refractivity contribution in [1.82, 2.24) is 10.6 Å². The van der Waals surface area contributed by atoms with Crippen molar-refractivity contribution in [3.63, 3.8) is 0 Å². The van der Waals surface area contributed by atoms with Gasteiger partial charge in [-0.25, -0.2) is 0 Å². The van der Waals surface area contributed by atoms with Crippen LogP contribution in [-0.2, 0) is 9.53 Å². The van der Waals surface area contributed by atoms with Crippen molar-refractivity contribution >= 4 is 35.9 Å². The number of hydrogen-bond donors (Lipinski definition) is 2. The molecule has 0 rings (SSSR count). The van der Waals surface area contributed by atoms with Gasteiger partial charge in [-0.2, -0.15) is 0 Å². The molecule has 0 aliphatic rings. The second-order valence-electron chi connectivity index (χ2n) is 3.97. The highest BCUT2D eigenvalue weighted by atomic mass is 127. The van der Waals surface area contributed by atoms with E-state index in [9.17, 15) is 4.79 Å². The highest BCUT2D eigenvalue weighted by molar-refractivity contribution is 14.0. The first-order valence-corrected chi connectivity index (χ1v) is 6.30. The lowest BCUT2D eigenvalue weighted by Gasteiger charge is -2.13. The molecule has 0 aromatic carbocycles. The molecule has 0 amide bonds. The predicted octanol–water partition coefficient (Wildman–Crippen LogP) is 1.91. The summed E-state index contributed by atoms with van der Waals surface area (Å²) < 4.78 is 4.84. The van der Waals surface area contributed by atoms with E-state index in [0.29, 0.717) is 32.0 Å². The van der Waals surface area contributed by atoms with Crippen LogP contribution in [0.1, 0.15) is 40.5 Å². The van der Waals surface area contributed by atoms with Crippen LogP contribution in [0.25, 0.3) is 0 Å².